The van der Waals surface area contributed by atoms with Gasteiger partial charge in [0.1, 0.15) is 17.4 Å². The lowest BCUT2D eigenvalue weighted by Crippen LogP contribution is -2.43. The van der Waals surface area contributed by atoms with Crippen molar-refractivity contribution in [1.29, 1.82) is 0 Å². The van der Waals surface area contributed by atoms with E-state index < -0.39 is 29.4 Å². The number of nitrogens with one attached hydrogen (secondary N) is 1. The van der Waals surface area contributed by atoms with Crippen LogP contribution in [0.5, 0.6) is 0 Å². The number of hydrogen-bond donors (Lipinski definition) is 1. The predicted molar refractivity (Wildman–Crippen MR) is 69.8 cm³/mol. The van der Waals surface area contributed by atoms with E-state index >= 15 is 0 Å². The van der Waals surface area contributed by atoms with Crippen LogP contribution in [0.2, 0.25) is 0 Å². The Balaban J connectivity index is 1.60. The number of fused-ring (bicyclic) bond motifs is 5. The lowest BCUT2D eigenvalue weighted by atomic mass is 9.77. The molecule has 1 N–H and O–H groups in total. The van der Waals surface area contributed by atoms with E-state index in [1.54, 1.807) is 0 Å². The number of carbonyl (C=O) groups is 2. The number of esters is 2. The average Bonchev–Trinajstić information content (AvgIpc) is 3.10. The maximum absolute atomic E-state index is 11.9. The molecule has 1 aromatic carbocycles. The van der Waals surface area contributed by atoms with Gasteiger partial charge in [0.05, 0.1) is 6.10 Å². The van der Waals surface area contributed by atoms with Crippen molar-refractivity contribution in [3.63, 3.8) is 0 Å². The van der Waals surface area contributed by atoms with Crippen LogP contribution < -0.4 is 5.32 Å². The Hall–Kier alpha value is -2.14. The van der Waals surface area contributed by atoms with Crippen molar-refractivity contribution in [1.82, 2.24) is 0 Å². The maximum atomic E-state index is 11.9. The molecule has 2 bridgehead atoms. The minimum absolute atomic E-state index is 0.337. The highest BCUT2D eigenvalue weighted by molar-refractivity contribution is 5.99. The number of cyclic esters (lactones) is 2. The molecule has 20 heavy (non-hydrogen) atoms. The number of carbonyl (C=O) groups excluding carboxylic acids is 2. The van der Waals surface area contributed by atoms with E-state index in [4.69, 9.17) is 9.47 Å². The highest BCUT2D eigenvalue weighted by Gasteiger charge is 2.66. The smallest absolute Gasteiger partial charge is 0.320 e. The van der Waals surface area contributed by atoms with E-state index in [9.17, 15) is 9.59 Å². The summed E-state index contributed by atoms with van der Waals surface area (Å²) >= 11 is 0. The van der Waals surface area contributed by atoms with Gasteiger partial charge in [-0.05, 0) is 12.1 Å². The molecule has 0 aliphatic carbocycles. The molecule has 4 rings (SSSR count). The molecule has 102 valence electrons. The zero-order valence-corrected chi connectivity index (χ0v) is 10.6. The fourth-order valence-corrected chi connectivity index (χ4v) is 3.31. The van der Waals surface area contributed by atoms with Crippen LogP contribution in [0, 0.1) is 11.8 Å². The van der Waals surface area contributed by atoms with E-state index in [-0.39, 0.29) is 6.10 Å². The van der Waals surface area contributed by atoms with Crippen molar-refractivity contribution >= 4 is 17.6 Å². The average molecular weight is 271 g/mol. The number of hydrogen-bond acceptors (Lipinski definition) is 5. The van der Waals surface area contributed by atoms with Gasteiger partial charge in [-0.25, -0.2) is 0 Å². The molecule has 0 amide bonds. The van der Waals surface area contributed by atoms with Gasteiger partial charge < -0.3 is 14.8 Å². The van der Waals surface area contributed by atoms with Crippen LogP contribution in [0.25, 0.3) is 0 Å². The van der Waals surface area contributed by atoms with Gasteiger partial charge in [-0.3, -0.25) is 9.59 Å². The molecule has 3 aliphatic heterocycles. The molecule has 0 unspecified atom stereocenters. The SMILES string of the molecule is O=C1OC(=O)[C@H]2[C@H]1[C@H]1C=C[C@@]2(CNc2ccccc2)O1. The second-order valence-corrected chi connectivity index (χ2v) is 5.36. The zero-order chi connectivity index (χ0) is 13.7. The van der Waals surface area contributed by atoms with Crippen molar-refractivity contribution in [2.75, 3.05) is 11.9 Å². The molecule has 5 heteroatoms. The number of para-hydroxylation sites is 1. The molecule has 5 nitrogen and oxygen atoms in total. The van der Waals surface area contributed by atoms with Gasteiger partial charge in [0.2, 0.25) is 0 Å². The van der Waals surface area contributed by atoms with Crippen LogP contribution in [0.15, 0.2) is 42.5 Å². The Bertz CT molecular complexity index is 612. The first-order valence-electron chi connectivity index (χ1n) is 6.61. The summed E-state index contributed by atoms with van der Waals surface area (Å²) in [5.41, 5.74) is 0.178. The third-order valence-electron chi connectivity index (χ3n) is 4.23. The van der Waals surface area contributed by atoms with Crippen molar-refractivity contribution in [3.8, 4) is 0 Å². The Labute approximate surface area is 115 Å². The van der Waals surface area contributed by atoms with Crippen molar-refractivity contribution in [2.24, 2.45) is 11.8 Å². The molecule has 1 aromatic rings. The predicted octanol–water partition coefficient (Wildman–Crippen LogP) is 1.12. The summed E-state index contributed by atoms with van der Waals surface area (Å²) in [7, 11) is 0. The summed E-state index contributed by atoms with van der Waals surface area (Å²) in [6, 6.07) is 9.68. The minimum Gasteiger partial charge on any atom is -0.393 e. The van der Waals surface area contributed by atoms with E-state index in [1.807, 2.05) is 42.5 Å². The van der Waals surface area contributed by atoms with Crippen LogP contribution in [0.3, 0.4) is 0 Å². The highest BCUT2D eigenvalue weighted by atomic mass is 16.6. The van der Waals surface area contributed by atoms with Gasteiger partial charge in [0, 0.05) is 12.2 Å². The van der Waals surface area contributed by atoms with Gasteiger partial charge in [-0.2, -0.15) is 0 Å². The van der Waals surface area contributed by atoms with E-state index in [0.29, 0.717) is 6.54 Å². The summed E-state index contributed by atoms with van der Waals surface area (Å²) in [5.74, 6) is -1.94. The summed E-state index contributed by atoms with van der Waals surface area (Å²) < 4.78 is 10.7. The molecule has 0 radical (unpaired) electrons. The van der Waals surface area contributed by atoms with Crippen LogP contribution >= 0.6 is 0 Å². The summed E-state index contributed by atoms with van der Waals surface area (Å²) in [5, 5.41) is 3.26. The fourth-order valence-electron chi connectivity index (χ4n) is 3.31. The fraction of sp³-hybridized carbons (Fsp3) is 0.333. The Morgan fingerprint density at radius 1 is 1.15 bits per heavy atom. The zero-order valence-electron chi connectivity index (χ0n) is 10.6. The summed E-state index contributed by atoms with van der Waals surface area (Å²) in [6.45, 7) is 0.438. The first kappa shape index (κ1) is 11.7. The van der Waals surface area contributed by atoms with Crippen LogP contribution in [-0.2, 0) is 19.1 Å². The van der Waals surface area contributed by atoms with Crippen LogP contribution in [-0.4, -0.2) is 30.2 Å². The van der Waals surface area contributed by atoms with Crippen LogP contribution in [0.4, 0.5) is 5.69 Å². The van der Waals surface area contributed by atoms with Crippen molar-refractivity contribution < 1.29 is 19.1 Å². The Morgan fingerprint density at radius 2 is 1.95 bits per heavy atom. The highest BCUT2D eigenvalue weighted by Crippen LogP contribution is 2.50. The van der Waals surface area contributed by atoms with Crippen LogP contribution in [0.1, 0.15) is 0 Å². The number of benzene rings is 1. The first-order valence-corrected chi connectivity index (χ1v) is 6.61. The second kappa shape index (κ2) is 3.93. The lowest BCUT2D eigenvalue weighted by Gasteiger charge is -2.27. The minimum atomic E-state index is -0.769. The topological polar surface area (TPSA) is 64.6 Å². The molecule has 0 aromatic heterocycles. The molecule has 2 fully saturated rings. The molecular formula is C15H13NO4. The first-order chi connectivity index (χ1) is 9.70. The van der Waals surface area contributed by atoms with Gasteiger partial charge >= 0.3 is 11.9 Å². The van der Waals surface area contributed by atoms with Gasteiger partial charge in [-0.1, -0.05) is 30.4 Å². The monoisotopic (exact) mass is 271 g/mol. The quantitative estimate of drug-likeness (QED) is 0.507. The molecule has 0 saturated carbocycles. The standard InChI is InChI=1S/C15H13NO4/c17-13-11-10-6-7-15(20-10,12(11)14(18)19-13)8-16-9-4-2-1-3-5-9/h1-7,10-12,16H,8H2/t10-,11-,12-,15+/m1/s1. The second-order valence-electron chi connectivity index (χ2n) is 5.36. The molecule has 0 spiro atoms. The maximum Gasteiger partial charge on any atom is 0.320 e. The van der Waals surface area contributed by atoms with Crippen molar-refractivity contribution in [2.45, 2.75) is 11.7 Å². The summed E-state index contributed by atoms with van der Waals surface area (Å²) in [6.07, 6.45) is 3.40. The number of anilines is 1. The normalized spacial score (nSPS) is 37.1. The lowest BCUT2D eigenvalue weighted by molar-refractivity contribution is -0.158. The van der Waals surface area contributed by atoms with Gasteiger partial charge in [0.25, 0.3) is 0 Å². The van der Waals surface area contributed by atoms with E-state index in [1.165, 1.54) is 0 Å². The molecule has 3 aliphatic rings. The largest absolute Gasteiger partial charge is 0.393 e. The number of rotatable bonds is 3. The molecule has 2 saturated heterocycles. The van der Waals surface area contributed by atoms with E-state index in [0.717, 1.165) is 5.69 Å². The number of ether oxygens (including phenoxy) is 2. The molecule has 3 heterocycles. The van der Waals surface area contributed by atoms with Gasteiger partial charge in [-0.15, -0.1) is 0 Å². The molecular weight excluding hydrogens is 258 g/mol. The molecule has 4 atom stereocenters. The van der Waals surface area contributed by atoms with Crippen molar-refractivity contribution in [3.05, 3.63) is 42.5 Å². The summed E-state index contributed by atoms with van der Waals surface area (Å²) in [4.78, 5) is 23.6. The Kier molecular flexibility index (Phi) is 2.29. The van der Waals surface area contributed by atoms with Gasteiger partial charge in [0.15, 0.2) is 0 Å². The third-order valence-corrected chi connectivity index (χ3v) is 4.23. The third kappa shape index (κ3) is 1.47. The Morgan fingerprint density at radius 3 is 2.75 bits per heavy atom. The van der Waals surface area contributed by atoms with E-state index in [2.05, 4.69) is 5.32 Å².